The molecule has 1 aliphatic carbocycles. The molecule has 1 heterocycles. The van der Waals surface area contributed by atoms with E-state index in [2.05, 4.69) is 31.0 Å². The Morgan fingerprint density at radius 1 is 1.43 bits per heavy atom. The third kappa shape index (κ3) is 2.48. The van der Waals surface area contributed by atoms with Crippen molar-refractivity contribution >= 4 is 0 Å². The Morgan fingerprint density at radius 3 is 2.71 bits per heavy atom. The Bertz CT molecular complexity index is 191. The number of nitrogens with zero attached hydrogens (tertiary/aromatic N) is 1. The quantitative estimate of drug-likeness (QED) is 0.736. The van der Waals surface area contributed by atoms with Crippen LogP contribution >= 0.6 is 0 Å². The summed E-state index contributed by atoms with van der Waals surface area (Å²) in [5.74, 6) is 1.89. The lowest BCUT2D eigenvalue weighted by Crippen LogP contribution is -2.31. The highest BCUT2D eigenvalue weighted by Gasteiger charge is 2.40. The summed E-state index contributed by atoms with van der Waals surface area (Å²) in [5, 5.41) is 3.55. The first kappa shape index (κ1) is 10.4. The number of rotatable bonds is 4. The smallest absolute Gasteiger partial charge is 0.0125 e. The zero-order valence-electron chi connectivity index (χ0n) is 9.79. The van der Waals surface area contributed by atoms with Gasteiger partial charge in [-0.2, -0.15) is 0 Å². The van der Waals surface area contributed by atoms with Crippen molar-refractivity contribution in [2.24, 2.45) is 11.8 Å². The molecule has 1 saturated heterocycles. The fourth-order valence-electron chi connectivity index (χ4n) is 2.54. The number of likely N-dealkylation sites (tertiary alicyclic amines) is 1. The van der Waals surface area contributed by atoms with Crippen molar-refractivity contribution in [3.05, 3.63) is 0 Å². The third-order valence-electron chi connectivity index (χ3n) is 3.67. The first-order valence-corrected chi connectivity index (χ1v) is 6.14. The van der Waals surface area contributed by atoms with Crippen molar-refractivity contribution in [3.63, 3.8) is 0 Å². The van der Waals surface area contributed by atoms with E-state index in [1.165, 1.54) is 32.5 Å². The first-order valence-electron chi connectivity index (χ1n) is 6.14. The molecule has 2 fully saturated rings. The van der Waals surface area contributed by atoms with Crippen molar-refractivity contribution < 1.29 is 0 Å². The minimum atomic E-state index is 0.642. The Morgan fingerprint density at radius 2 is 2.14 bits per heavy atom. The number of hydrogen-bond donors (Lipinski definition) is 1. The van der Waals surface area contributed by atoms with Crippen LogP contribution in [0.1, 0.15) is 33.6 Å². The molecule has 0 bridgehead atoms. The Balaban J connectivity index is 1.67. The largest absolute Gasteiger partial charge is 0.314 e. The van der Waals surface area contributed by atoms with E-state index in [-0.39, 0.29) is 0 Å². The van der Waals surface area contributed by atoms with Gasteiger partial charge in [-0.1, -0.05) is 20.8 Å². The van der Waals surface area contributed by atoms with Crippen molar-refractivity contribution in [1.29, 1.82) is 0 Å². The van der Waals surface area contributed by atoms with Gasteiger partial charge in [0.2, 0.25) is 0 Å². The van der Waals surface area contributed by atoms with E-state index in [9.17, 15) is 0 Å². The molecule has 3 atom stereocenters. The number of nitrogens with one attached hydrogen (secondary N) is 1. The standard InChI is InChI=1S/C12H24N2/c1-9(2)13-7-11-4-5-14(8-11)12-6-10(12)3/h9-13H,4-8H2,1-3H3. The van der Waals surface area contributed by atoms with Gasteiger partial charge in [0.25, 0.3) is 0 Å². The lowest BCUT2D eigenvalue weighted by Gasteiger charge is -2.16. The lowest BCUT2D eigenvalue weighted by molar-refractivity contribution is 0.299. The fourth-order valence-corrected chi connectivity index (χ4v) is 2.54. The van der Waals surface area contributed by atoms with Crippen molar-refractivity contribution in [2.75, 3.05) is 19.6 Å². The van der Waals surface area contributed by atoms with Gasteiger partial charge in [-0.05, 0) is 37.8 Å². The average Bonchev–Trinajstić information content (AvgIpc) is 2.68. The summed E-state index contributed by atoms with van der Waals surface area (Å²) in [5.41, 5.74) is 0. The fraction of sp³-hybridized carbons (Fsp3) is 1.00. The van der Waals surface area contributed by atoms with Crippen LogP contribution in [-0.2, 0) is 0 Å². The van der Waals surface area contributed by atoms with Crippen molar-refractivity contribution in [2.45, 2.75) is 45.7 Å². The molecule has 1 N–H and O–H groups in total. The van der Waals surface area contributed by atoms with Gasteiger partial charge in [-0.25, -0.2) is 0 Å². The highest BCUT2D eigenvalue weighted by Crippen LogP contribution is 2.37. The second-order valence-electron chi connectivity index (χ2n) is 5.49. The highest BCUT2D eigenvalue weighted by atomic mass is 15.2. The molecule has 0 radical (unpaired) electrons. The van der Waals surface area contributed by atoms with Crippen LogP contribution < -0.4 is 5.32 Å². The van der Waals surface area contributed by atoms with E-state index in [4.69, 9.17) is 0 Å². The van der Waals surface area contributed by atoms with Gasteiger partial charge in [0.15, 0.2) is 0 Å². The van der Waals surface area contributed by atoms with E-state index in [0.29, 0.717) is 6.04 Å². The molecule has 2 rings (SSSR count). The number of hydrogen-bond acceptors (Lipinski definition) is 2. The van der Waals surface area contributed by atoms with Crippen LogP contribution in [0.3, 0.4) is 0 Å². The maximum absolute atomic E-state index is 3.55. The lowest BCUT2D eigenvalue weighted by atomic mass is 10.1. The molecule has 0 amide bonds. The maximum Gasteiger partial charge on any atom is 0.0125 e. The maximum atomic E-state index is 3.55. The summed E-state index contributed by atoms with van der Waals surface area (Å²) >= 11 is 0. The molecule has 14 heavy (non-hydrogen) atoms. The second-order valence-corrected chi connectivity index (χ2v) is 5.49. The minimum Gasteiger partial charge on any atom is -0.314 e. The molecule has 0 aromatic heterocycles. The van der Waals surface area contributed by atoms with Crippen LogP contribution in [0.4, 0.5) is 0 Å². The zero-order valence-corrected chi connectivity index (χ0v) is 9.79. The van der Waals surface area contributed by atoms with Crippen LogP contribution in [0.25, 0.3) is 0 Å². The van der Waals surface area contributed by atoms with Gasteiger partial charge in [0.05, 0.1) is 0 Å². The highest BCUT2D eigenvalue weighted by molar-refractivity contribution is 4.95. The summed E-state index contributed by atoms with van der Waals surface area (Å²) in [4.78, 5) is 2.71. The van der Waals surface area contributed by atoms with Gasteiger partial charge in [0, 0.05) is 18.6 Å². The van der Waals surface area contributed by atoms with Crippen molar-refractivity contribution in [3.8, 4) is 0 Å². The summed E-state index contributed by atoms with van der Waals surface area (Å²) in [6.07, 6.45) is 2.85. The van der Waals surface area contributed by atoms with Crippen LogP contribution in [0.2, 0.25) is 0 Å². The molecule has 2 aliphatic rings. The van der Waals surface area contributed by atoms with Crippen molar-refractivity contribution in [1.82, 2.24) is 10.2 Å². The SMILES string of the molecule is CC(C)NCC1CCN(C2CC2C)C1. The Hall–Kier alpha value is -0.0800. The van der Waals surface area contributed by atoms with Gasteiger partial charge in [-0.15, -0.1) is 0 Å². The molecule has 2 heteroatoms. The third-order valence-corrected chi connectivity index (χ3v) is 3.67. The van der Waals surface area contributed by atoms with Gasteiger partial charge in [0.1, 0.15) is 0 Å². The molecule has 82 valence electrons. The summed E-state index contributed by atoms with van der Waals surface area (Å²) in [6, 6.07) is 1.59. The molecule has 0 spiro atoms. The Kier molecular flexibility index (Phi) is 3.13. The second kappa shape index (κ2) is 4.19. The molecule has 0 aromatic carbocycles. The minimum absolute atomic E-state index is 0.642. The summed E-state index contributed by atoms with van der Waals surface area (Å²) < 4.78 is 0. The predicted octanol–water partition coefficient (Wildman–Crippen LogP) is 1.71. The monoisotopic (exact) mass is 196 g/mol. The van der Waals surface area contributed by atoms with E-state index in [1.807, 2.05) is 0 Å². The van der Waals surface area contributed by atoms with E-state index < -0.39 is 0 Å². The zero-order chi connectivity index (χ0) is 10.1. The summed E-state index contributed by atoms with van der Waals surface area (Å²) in [7, 11) is 0. The molecule has 0 aromatic rings. The molecular formula is C12H24N2. The summed E-state index contributed by atoms with van der Waals surface area (Å²) in [6.45, 7) is 10.7. The van der Waals surface area contributed by atoms with Crippen LogP contribution in [0.15, 0.2) is 0 Å². The normalized spacial score (nSPS) is 38.1. The average molecular weight is 196 g/mol. The predicted molar refractivity (Wildman–Crippen MR) is 60.4 cm³/mol. The van der Waals surface area contributed by atoms with Crippen LogP contribution in [0, 0.1) is 11.8 Å². The van der Waals surface area contributed by atoms with Crippen LogP contribution in [0.5, 0.6) is 0 Å². The topological polar surface area (TPSA) is 15.3 Å². The molecular weight excluding hydrogens is 172 g/mol. The van der Waals surface area contributed by atoms with Gasteiger partial charge < -0.3 is 5.32 Å². The molecule has 3 unspecified atom stereocenters. The molecule has 1 saturated carbocycles. The molecule has 1 aliphatic heterocycles. The van der Waals surface area contributed by atoms with Gasteiger partial charge in [-0.3, -0.25) is 4.90 Å². The van der Waals surface area contributed by atoms with E-state index in [0.717, 1.165) is 17.9 Å². The first-order chi connectivity index (χ1) is 6.66. The molecule has 2 nitrogen and oxygen atoms in total. The van der Waals surface area contributed by atoms with E-state index in [1.54, 1.807) is 0 Å². The van der Waals surface area contributed by atoms with Gasteiger partial charge >= 0.3 is 0 Å². The van der Waals surface area contributed by atoms with Crippen LogP contribution in [-0.4, -0.2) is 36.6 Å². The van der Waals surface area contributed by atoms with E-state index >= 15 is 0 Å². The Labute approximate surface area is 88.1 Å².